The Morgan fingerprint density at radius 2 is 1.74 bits per heavy atom. The van der Waals surface area contributed by atoms with E-state index in [0.29, 0.717) is 38.0 Å². The van der Waals surface area contributed by atoms with Crippen LogP contribution in [0.3, 0.4) is 0 Å². The number of amides is 1. The maximum Gasteiger partial charge on any atom is 0.238 e. The van der Waals surface area contributed by atoms with Crippen molar-refractivity contribution in [1.82, 2.24) is 4.90 Å². The maximum atomic E-state index is 13.0. The summed E-state index contributed by atoms with van der Waals surface area (Å²) >= 11 is 0. The summed E-state index contributed by atoms with van der Waals surface area (Å²) in [4.78, 5) is 27.0. The van der Waals surface area contributed by atoms with Gasteiger partial charge < -0.3 is 5.32 Å². The van der Waals surface area contributed by atoms with Gasteiger partial charge in [-0.25, -0.2) is 4.39 Å². The Bertz CT molecular complexity index is 825. The molecule has 1 aliphatic heterocycles. The topological polar surface area (TPSA) is 49.4 Å². The molecule has 4 nitrogen and oxygen atoms in total. The number of nitrogens with zero attached hydrogens (tertiary/aromatic N) is 1. The molecule has 0 radical (unpaired) electrons. The highest BCUT2D eigenvalue weighted by molar-refractivity contribution is 5.98. The number of rotatable bonds is 5. The van der Waals surface area contributed by atoms with E-state index in [1.165, 1.54) is 12.1 Å². The van der Waals surface area contributed by atoms with E-state index in [4.69, 9.17) is 0 Å². The monoisotopic (exact) mass is 368 g/mol. The quantitative estimate of drug-likeness (QED) is 0.813. The lowest BCUT2D eigenvalue weighted by Gasteiger charge is -2.30. The van der Waals surface area contributed by atoms with Crippen molar-refractivity contribution in [3.05, 3.63) is 65.0 Å². The van der Waals surface area contributed by atoms with E-state index < -0.39 is 0 Å². The second kappa shape index (κ2) is 8.44. The highest BCUT2D eigenvalue weighted by atomic mass is 19.1. The third-order valence-electron chi connectivity index (χ3n) is 5.33. The maximum absolute atomic E-state index is 13.0. The van der Waals surface area contributed by atoms with Crippen LogP contribution in [0.2, 0.25) is 0 Å². The zero-order valence-corrected chi connectivity index (χ0v) is 15.8. The molecule has 0 atom stereocenters. The van der Waals surface area contributed by atoms with E-state index in [1.807, 2.05) is 32.0 Å². The number of carbonyl (C=O) groups excluding carboxylic acids is 2. The van der Waals surface area contributed by atoms with Crippen molar-refractivity contribution in [2.24, 2.45) is 5.92 Å². The molecule has 1 N–H and O–H groups in total. The van der Waals surface area contributed by atoms with E-state index in [0.717, 1.165) is 16.8 Å². The molecule has 142 valence electrons. The Balaban J connectivity index is 1.50. The minimum absolute atomic E-state index is 0.0352. The number of hydrogen-bond donors (Lipinski definition) is 1. The predicted octanol–water partition coefficient (Wildman–Crippen LogP) is 3.98. The Kier molecular flexibility index (Phi) is 6.01. The molecule has 0 spiro atoms. The van der Waals surface area contributed by atoms with Gasteiger partial charge in [0.05, 0.1) is 6.54 Å². The molecular weight excluding hydrogens is 343 g/mol. The van der Waals surface area contributed by atoms with E-state index in [-0.39, 0.29) is 23.4 Å². The van der Waals surface area contributed by atoms with Crippen molar-refractivity contribution < 1.29 is 14.0 Å². The molecule has 1 aliphatic rings. The molecule has 2 aromatic rings. The second-order valence-electron chi connectivity index (χ2n) is 7.22. The molecule has 0 unspecified atom stereocenters. The van der Waals surface area contributed by atoms with Gasteiger partial charge >= 0.3 is 0 Å². The lowest BCUT2D eigenvalue weighted by molar-refractivity contribution is -0.117. The van der Waals surface area contributed by atoms with Crippen LogP contribution in [0, 0.1) is 25.6 Å². The second-order valence-corrected chi connectivity index (χ2v) is 7.22. The first kappa shape index (κ1) is 19.2. The van der Waals surface area contributed by atoms with Crippen LogP contribution >= 0.6 is 0 Å². The summed E-state index contributed by atoms with van der Waals surface area (Å²) in [5, 5.41) is 2.98. The van der Waals surface area contributed by atoms with E-state index in [1.54, 1.807) is 12.1 Å². The van der Waals surface area contributed by atoms with Crippen LogP contribution < -0.4 is 5.32 Å². The number of likely N-dealkylation sites (tertiary alicyclic amines) is 1. The number of ketones is 1. The third kappa shape index (κ3) is 4.80. The summed E-state index contributed by atoms with van der Waals surface area (Å²) in [7, 11) is 0. The molecule has 3 rings (SSSR count). The molecule has 0 aromatic heterocycles. The van der Waals surface area contributed by atoms with Crippen molar-refractivity contribution in [2.75, 3.05) is 25.0 Å². The number of halogens is 1. The molecule has 0 bridgehead atoms. The first-order valence-corrected chi connectivity index (χ1v) is 9.32. The van der Waals surface area contributed by atoms with Gasteiger partial charge in [-0.3, -0.25) is 14.5 Å². The minimum Gasteiger partial charge on any atom is -0.325 e. The number of Topliss-reactive ketones (excluding diaryl/α,β-unsaturated/α-hetero) is 1. The van der Waals surface area contributed by atoms with Crippen LogP contribution in [0.5, 0.6) is 0 Å². The zero-order chi connectivity index (χ0) is 19.4. The number of benzene rings is 2. The van der Waals surface area contributed by atoms with Gasteiger partial charge in [0.25, 0.3) is 0 Å². The first-order chi connectivity index (χ1) is 12.9. The lowest BCUT2D eigenvalue weighted by Crippen LogP contribution is -2.40. The number of anilines is 1. The van der Waals surface area contributed by atoms with E-state index >= 15 is 0 Å². The Morgan fingerprint density at radius 3 is 2.41 bits per heavy atom. The molecular formula is C22H25FN2O2. The zero-order valence-electron chi connectivity index (χ0n) is 15.8. The number of nitrogens with one attached hydrogen (secondary N) is 1. The largest absolute Gasteiger partial charge is 0.325 e. The van der Waals surface area contributed by atoms with Gasteiger partial charge in [-0.2, -0.15) is 0 Å². The van der Waals surface area contributed by atoms with Crippen LogP contribution in [-0.2, 0) is 4.79 Å². The fraction of sp³-hybridized carbons (Fsp3) is 0.364. The molecule has 0 saturated carbocycles. The molecule has 0 aliphatic carbocycles. The van der Waals surface area contributed by atoms with Crippen molar-refractivity contribution in [2.45, 2.75) is 26.7 Å². The van der Waals surface area contributed by atoms with Crippen LogP contribution in [0.15, 0.2) is 42.5 Å². The minimum atomic E-state index is -0.337. The lowest BCUT2D eigenvalue weighted by atomic mass is 9.89. The standard InChI is InChI=1S/C22H25FN2O2/c1-15-4-3-5-20(16(15)2)24-21(26)14-25-12-10-18(11-13-25)22(27)17-6-8-19(23)9-7-17/h3-9,18H,10-14H2,1-2H3,(H,24,26). The van der Waals surface area contributed by atoms with Crippen molar-refractivity contribution in [3.8, 4) is 0 Å². The van der Waals surface area contributed by atoms with Gasteiger partial charge in [-0.15, -0.1) is 0 Å². The fourth-order valence-electron chi connectivity index (χ4n) is 3.48. The number of hydrogen-bond acceptors (Lipinski definition) is 3. The van der Waals surface area contributed by atoms with Crippen molar-refractivity contribution in [1.29, 1.82) is 0 Å². The highest BCUT2D eigenvalue weighted by Gasteiger charge is 2.26. The van der Waals surface area contributed by atoms with Crippen molar-refractivity contribution >= 4 is 17.4 Å². The van der Waals surface area contributed by atoms with Crippen LogP contribution in [-0.4, -0.2) is 36.2 Å². The number of carbonyl (C=O) groups is 2. The van der Waals surface area contributed by atoms with Gasteiger partial charge in [0.2, 0.25) is 5.91 Å². The van der Waals surface area contributed by atoms with Gasteiger partial charge in [0, 0.05) is 17.2 Å². The van der Waals surface area contributed by atoms with Crippen LogP contribution in [0.4, 0.5) is 10.1 Å². The highest BCUT2D eigenvalue weighted by Crippen LogP contribution is 2.22. The van der Waals surface area contributed by atoms with Gasteiger partial charge in [-0.1, -0.05) is 12.1 Å². The van der Waals surface area contributed by atoms with Crippen LogP contribution in [0.1, 0.15) is 34.3 Å². The first-order valence-electron chi connectivity index (χ1n) is 9.32. The Morgan fingerprint density at radius 1 is 1.07 bits per heavy atom. The van der Waals surface area contributed by atoms with Gasteiger partial charge in [0.1, 0.15) is 5.82 Å². The number of piperidine rings is 1. The smallest absolute Gasteiger partial charge is 0.238 e. The summed E-state index contributed by atoms with van der Waals surface area (Å²) in [5.74, 6) is -0.369. The Labute approximate surface area is 159 Å². The SMILES string of the molecule is Cc1cccc(NC(=O)CN2CCC(C(=O)c3ccc(F)cc3)CC2)c1C. The van der Waals surface area contributed by atoms with Crippen molar-refractivity contribution in [3.63, 3.8) is 0 Å². The Hall–Kier alpha value is -2.53. The molecule has 1 heterocycles. The summed E-state index contributed by atoms with van der Waals surface area (Å²) < 4.78 is 13.0. The molecule has 1 fully saturated rings. The van der Waals surface area contributed by atoms with E-state index in [9.17, 15) is 14.0 Å². The summed E-state index contributed by atoms with van der Waals surface area (Å²) in [6.07, 6.45) is 1.43. The summed E-state index contributed by atoms with van der Waals surface area (Å²) in [5.41, 5.74) is 3.63. The summed E-state index contributed by atoms with van der Waals surface area (Å²) in [6, 6.07) is 11.6. The van der Waals surface area contributed by atoms with Crippen LogP contribution in [0.25, 0.3) is 0 Å². The molecule has 1 saturated heterocycles. The number of aryl methyl sites for hydroxylation is 1. The average Bonchev–Trinajstić information content (AvgIpc) is 2.66. The fourth-order valence-corrected chi connectivity index (χ4v) is 3.48. The van der Waals surface area contributed by atoms with E-state index in [2.05, 4.69) is 10.2 Å². The third-order valence-corrected chi connectivity index (χ3v) is 5.33. The van der Waals surface area contributed by atoms with Gasteiger partial charge in [0.15, 0.2) is 5.78 Å². The molecule has 27 heavy (non-hydrogen) atoms. The normalized spacial score (nSPS) is 15.5. The predicted molar refractivity (Wildman–Crippen MR) is 104 cm³/mol. The summed E-state index contributed by atoms with van der Waals surface area (Å²) in [6.45, 7) is 5.76. The molecule has 5 heteroatoms. The average molecular weight is 368 g/mol. The molecule has 1 amide bonds. The van der Waals surface area contributed by atoms with Gasteiger partial charge in [-0.05, 0) is 81.2 Å². The molecule has 2 aromatic carbocycles.